The Morgan fingerprint density at radius 2 is 2.15 bits per heavy atom. The van der Waals surface area contributed by atoms with Gasteiger partial charge in [0.05, 0.1) is 5.92 Å². The summed E-state index contributed by atoms with van der Waals surface area (Å²) in [7, 11) is 0. The van der Waals surface area contributed by atoms with Gasteiger partial charge in [0, 0.05) is 13.1 Å². The van der Waals surface area contributed by atoms with Crippen molar-refractivity contribution >= 4 is 11.9 Å². The molecule has 0 saturated heterocycles. The molecule has 72 valence electrons. The van der Waals surface area contributed by atoms with Gasteiger partial charge in [0.25, 0.3) is 5.91 Å². The molecule has 13 heavy (non-hydrogen) atoms. The average molecular weight is 183 g/mol. The zero-order valence-corrected chi connectivity index (χ0v) is 7.78. The minimum absolute atomic E-state index is 0.162. The van der Waals surface area contributed by atoms with Gasteiger partial charge in [0.2, 0.25) is 0 Å². The number of hydrogen-bond acceptors (Lipinski definition) is 2. The Morgan fingerprint density at radius 3 is 2.46 bits per heavy atom. The summed E-state index contributed by atoms with van der Waals surface area (Å²) in [5.41, 5.74) is 0. The summed E-state index contributed by atoms with van der Waals surface area (Å²) < 4.78 is 0. The second-order valence-corrected chi connectivity index (χ2v) is 2.73. The summed E-state index contributed by atoms with van der Waals surface area (Å²) in [5.74, 6) is -0.0215. The van der Waals surface area contributed by atoms with Crippen LogP contribution in [-0.4, -0.2) is 35.0 Å². The molecule has 0 rings (SSSR count). The number of carbonyl (C=O) groups is 2. The van der Waals surface area contributed by atoms with Crippen molar-refractivity contribution in [1.82, 2.24) is 4.90 Å². The lowest BCUT2D eigenvalue weighted by Gasteiger charge is -2.19. The van der Waals surface area contributed by atoms with Crippen LogP contribution in [0, 0.1) is 18.3 Å². The van der Waals surface area contributed by atoms with Crippen LogP contribution in [0.5, 0.6) is 0 Å². The molecular formula is C9H13NO3. The molecule has 1 N–H and O–H groups in total. The van der Waals surface area contributed by atoms with Gasteiger partial charge in [-0.1, -0.05) is 6.92 Å². The van der Waals surface area contributed by atoms with Crippen molar-refractivity contribution in [3.05, 3.63) is 0 Å². The van der Waals surface area contributed by atoms with E-state index in [2.05, 4.69) is 0 Å². The summed E-state index contributed by atoms with van der Waals surface area (Å²) in [6, 6.07) is 0. The van der Waals surface area contributed by atoms with Crippen molar-refractivity contribution in [3.8, 4) is 12.3 Å². The minimum Gasteiger partial charge on any atom is -0.481 e. The summed E-state index contributed by atoms with van der Waals surface area (Å²) >= 11 is 0. The topological polar surface area (TPSA) is 57.6 Å². The number of aliphatic carboxylic acids is 1. The number of terminal acetylenes is 1. The third-order valence-corrected chi connectivity index (χ3v) is 1.71. The second-order valence-electron chi connectivity index (χ2n) is 2.73. The zero-order chi connectivity index (χ0) is 10.4. The fraction of sp³-hybridized carbons (Fsp3) is 0.556. The molecule has 0 spiro atoms. The van der Waals surface area contributed by atoms with E-state index in [-0.39, 0.29) is 6.54 Å². The fourth-order valence-corrected chi connectivity index (χ4v) is 0.856. The lowest BCUT2D eigenvalue weighted by atomic mass is 10.1. The maximum Gasteiger partial charge on any atom is 0.308 e. The number of amides is 1. The highest BCUT2D eigenvalue weighted by Gasteiger charge is 2.17. The van der Waals surface area contributed by atoms with E-state index < -0.39 is 17.8 Å². The molecule has 0 heterocycles. The fourth-order valence-electron chi connectivity index (χ4n) is 0.856. The molecule has 0 fully saturated rings. The van der Waals surface area contributed by atoms with Gasteiger partial charge in [0.1, 0.15) is 0 Å². The predicted molar refractivity (Wildman–Crippen MR) is 47.9 cm³/mol. The maximum absolute atomic E-state index is 11.0. The third kappa shape index (κ3) is 3.61. The van der Waals surface area contributed by atoms with Crippen LogP contribution in [-0.2, 0) is 9.59 Å². The van der Waals surface area contributed by atoms with Crippen molar-refractivity contribution in [3.63, 3.8) is 0 Å². The van der Waals surface area contributed by atoms with E-state index in [4.69, 9.17) is 11.5 Å². The Bertz CT molecular complexity index is 242. The van der Waals surface area contributed by atoms with Crippen molar-refractivity contribution in [1.29, 1.82) is 0 Å². The highest BCUT2D eigenvalue weighted by molar-refractivity contribution is 5.93. The number of hydrogen-bond donors (Lipinski definition) is 1. The molecule has 0 aliphatic heterocycles. The molecule has 0 aliphatic carbocycles. The van der Waals surface area contributed by atoms with Crippen molar-refractivity contribution in [2.75, 3.05) is 13.1 Å². The number of carboxylic acids is 1. The van der Waals surface area contributed by atoms with Crippen LogP contribution in [0.3, 0.4) is 0 Å². The molecule has 0 bridgehead atoms. The number of nitrogens with zero attached hydrogens (tertiary/aromatic N) is 1. The lowest BCUT2D eigenvalue weighted by molar-refractivity contribution is -0.142. The first-order valence-electron chi connectivity index (χ1n) is 4.01. The Hall–Kier alpha value is -1.50. The summed E-state index contributed by atoms with van der Waals surface area (Å²) in [5, 5.41) is 8.59. The molecule has 0 aromatic heterocycles. The second kappa shape index (κ2) is 5.20. The highest BCUT2D eigenvalue weighted by atomic mass is 16.4. The first-order chi connectivity index (χ1) is 6.02. The van der Waals surface area contributed by atoms with Gasteiger partial charge in [-0.2, -0.15) is 0 Å². The van der Waals surface area contributed by atoms with Crippen LogP contribution >= 0.6 is 0 Å². The van der Waals surface area contributed by atoms with Crippen LogP contribution in [0.1, 0.15) is 13.8 Å². The molecule has 0 aliphatic rings. The van der Waals surface area contributed by atoms with Gasteiger partial charge < -0.3 is 10.0 Å². The SMILES string of the molecule is C#CC(=O)N(CC)CC(C)C(=O)O. The van der Waals surface area contributed by atoms with Crippen LogP contribution in [0.25, 0.3) is 0 Å². The number of carboxylic acid groups (broad SMARTS) is 1. The standard InChI is InChI=1S/C9H13NO3/c1-4-8(11)10(5-2)6-7(3)9(12)13/h1,7H,5-6H2,2-3H3,(H,12,13). The lowest BCUT2D eigenvalue weighted by Crippen LogP contribution is -2.35. The van der Waals surface area contributed by atoms with E-state index in [0.717, 1.165) is 0 Å². The van der Waals surface area contributed by atoms with Gasteiger partial charge in [-0.05, 0) is 12.8 Å². The van der Waals surface area contributed by atoms with E-state index in [1.807, 2.05) is 5.92 Å². The van der Waals surface area contributed by atoms with E-state index in [1.165, 1.54) is 11.8 Å². The van der Waals surface area contributed by atoms with E-state index >= 15 is 0 Å². The molecule has 1 unspecified atom stereocenters. The minimum atomic E-state index is -0.928. The summed E-state index contributed by atoms with van der Waals surface area (Å²) in [6.45, 7) is 3.88. The Kier molecular flexibility index (Phi) is 4.60. The summed E-state index contributed by atoms with van der Waals surface area (Å²) in [4.78, 5) is 22.8. The molecule has 4 heteroatoms. The van der Waals surface area contributed by atoms with E-state index in [9.17, 15) is 9.59 Å². The molecule has 0 radical (unpaired) electrons. The number of carbonyl (C=O) groups excluding carboxylic acids is 1. The van der Waals surface area contributed by atoms with Gasteiger partial charge in [0.15, 0.2) is 0 Å². The number of rotatable bonds is 4. The van der Waals surface area contributed by atoms with Gasteiger partial charge in [-0.25, -0.2) is 0 Å². The van der Waals surface area contributed by atoms with Gasteiger partial charge in [-0.15, -0.1) is 6.42 Å². The van der Waals surface area contributed by atoms with Crippen molar-refractivity contribution < 1.29 is 14.7 Å². The highest BCUT2D eigenvalue weighted by Crippen LogP contribution is 2.00. The normalized spacial score (nSPS) is 11.5. The van der Waals surface area contributed by atoms with Crippen LogP contribution in [0.2, 0.25) is 0 Å². The van der Waals surface area contributed by atoms with E-state index in [1.54, 1.807) is 6.92 Å². The average Bonchev–Trinajstić information content (AvgIpc) is 2.12. The zero-order valence-electron chi connectivity index (χ0n) is 7.78. The molecule has 4 nitrogen and oxygen atoms in total. The summed E-state index contributed by atoms with van der Waals surface area (Å²) in [6.07, 6.45) is 4.91. The predicted octanol–water partition coefficient (Wildman–Crippen LogP) is 0.189. The molecule has 1 atom stereocenters. The molecule has 0 aromatic rings. The quantitative estimate of drug-likeness (QED) is 0.633. The Morgan fingerprint density at radius 1 is 1.62 bits per heavy atom. The largest absolute Gasteiger partial charge is 0.481 e. The monoisotopic (exact) mass is 183 g/mol. The Balaban J connectivity index is 4.23. The van der Waals surface area contributed by atoms with Crippen LogP contribution in [0.15, 0.2) is 0 Å². The van der Waals surface area contributed by atoms with Gasteiger partial charge >= 0.3 is 5.97 Å². The van der Waals surface area contributed by atoms with Crippen LogP contribution in [0.4, 0.5) is 0 Å². The van der Waals surface area contributed by atoms with Crippen LogP contribution < -0.4 is 0 Å². The van der Waals surface area contributed by atoms with E-state index in [0.29, 0.717) is 6.54 Å². The van der Waals surface area contributed by atoms with Gasteiger partial charge in [-0.3, -0.25) is 9.59 Å². The van der Waals surface area contributed by atoms with Crippen molar-refractivity contribution in [2.24, 2.45) is 5.92 Å². The maximum atomic E-state index is 11.0. The smallest absolute Gasteiger partial charge is 0.308 e. The molecule has 0 aromatic carbocycles. The first-order valence-corrected chi connectivity index (χ1v) is 4.01. The molecular weight excluding hydrogens is 170 g/mol. The molecule has 0 saturated carbocycles. The first kappa shape index (κ1) is 11.5. The third-order valence-electron chi connectivity index (χ3n) is 1.71. The van der Waals surface area contributed by atoms with Crippen molar-refractivity contribution in [2.45, 2.75) is 13.8 Å². The Labute approximate surface area is 77.5 Å². The molecule has 1 amide bonds.